The van der Waals surface area contributed by atoms with E-state index in [2.05, 4.69) is 27.7 Å². The zero-order chi connectivity index (χ0) is 17.7. The van der Waals surface area contributed by atoms with Gasteiger partial charge < -0.3 is 10.6 Å². The predicted molar refractivity (Wildman–Crippen MR) is 98.0 cm³/mol. The van der Waals surface area contributed by atoms with Crippen LogP contribution in [-0.2, 0) is 15.1 Å². The topological polar surface area (TPSA) is 61.4 Å². The van der Waals surface area contributed by atoms with E-state index in [4.69, 9.17) is 0 Å². The lowest BCUT2D eigenvalue weighted by Gasteiger charge is -2.42. The summed E-state index contributed by atoms with van der Waals surface area (Å²) in [4.78, 5) is 26.2. The molecular formula is C20H29N3O2. The highest BCUT2D eigenvalue weighted by molar-refractivity contribution is 5.78. The standard InChI is InChI=1S/C20H29N3O2/c1-16(24)22-20(17-7-3-2-4-8-17)11-13-23(14-12-20)15-19(25)21-18-9-5-6-10-18/h2-4,7-8,18H,5-6,9-15H2,1H3,(H,21,25)(H,22,24). The van der Waals surface area contributed by atoms with Crippen molar-refractivity contribution in [3.63, 3.8) is 0 Å². The number of nitrogens with zero attached hydrogens (tertiary/aromatic N) is 1. The zero-order valence-electron chi connectivity index (χ0n) is 15.1. The second kappa shape index (κ2) is 8.00. The van der Waals surface area contributed by atoms with Crippen LogP contribution in [0.2, 0.25) is 0 Å². The minimum atomic E-state index is -0.314. The fraction of sp³-hybridized carbons (Fsp3) is 0.600. The zero-order valence-corrected chi connectivity index (χ0v) is 15.1. The molecule has 0 aromatic heterocycles. The fourth-order valence-electron chi connectivity index (χ4n) is 4.22. The number of carbonyl (C=O) groups is 2. The van der Waals surface area contributed by atoms with Crippen LogP contribution in [0.15, 0.2) is 30.3 Å². The van der Waals surface area contributed by atoms with Gasteiger partial charge in [0.2, 0.25) is 11.8 Å². The predicted octanol–water partition coefficient (Wildman–Crippen LogP) is 2.17. The van der Waals surface area contributed by atoms with E-state index in [1.54, 1.807) is 6.92 Å². The summed E-state index contributed by atoms with van der Waals surface area (Å²) in [6.45, 7) is 3.66. The molecule has 5 heteroatoms. The molecule has 2 fully saturated rings. The summed E-state index contributed by atoms with van der Waals surface area (Å²) in [5.74, 6) is 0.134. The van der Waals surface area contributed by atoms with E-state index >= 15 is 0 Å². The van der Waals surface area contributed by atoms with Crippen molar-refractivity contribution >= 4 is 11.8 Å². The van der Waals surface area contributed by atoms with Gasteiger partial charge in [0.25, 0.3) is 0 Å². The van der Waals surface area contributed by atoms with E-state index in [1.165, 1.54) is 12.8 Å². The molecular weight excluding hydrogens is 314 g/mol. The first-order valence-electron chi connectivity index (χ1n) is 9.43. The smallest absolute Gasteiger partial charge is 0.234 e. The van der Waals surface area contributed by atoms with Crippen molar-refractivity contribution in [1.29, 1.82) is 0 Å². The van der Waals surface area contributed by atoms with Crippen molar-refractivity contribution in [2.24, 2.45) is 0 Å². The van der Waals surface area contributed by atoms with E-state index in [9.17, 15) is 9.59 Å². The number of hydrogen-bond acceptors (Lipinski definition) is 3. The van der Waals surface area contributed by atoms with Crippen LogP contribution in [0.25, 0.3) is 0 Å². The minimum absolute atomic E-state index is 0.00344. The van der Waals surface area contributed by atoms with Crippen LogP contribution in [0.5, 0.6) is 0 Å². The Morgan fingerprint density at radius 2 is 1.76 bits per heavy atom. The molecule has 0 radical (unpaired) electrons. The second-order valence-electron chi connectivity index (χ2n) is 7.45. The lowest BCUT2D eigenvalue weighted by molar-refractivity contribution is -0.125. The number of nitrogens with one attached hydrogen (secondary N) is 2. The van der Waals surface area contributed by atoms with Crippen molar-refractivity contribution in [3.8, 4) is 0 Å². The molecule has 1 aromatic rings. The number of rotatable bonds is 5. The number of piperidine rings is 1. The average molecular weight is 343 g/mol. The number of carbonyl (C=O) groups excluding carboxylic acids is 2. The van der Waals surface area contributed by atoms with E-state index in [-0.39, 0.29) is 17.4 Å². The number of likely N-dealkylation sites (tertiary alicyclic amines) is 1. The normalized spacial score (nSPS) is 21.0. The van der Waals surface area contributed by atoms with Crippen LogP contribution in [-0.4, -0.2) is 42.4 Å². The molecule has 0 unspecified atom stereocenters. The van der Waals surface area contributed by atoms with Gasteiger partial charge >= 0.3 is 0 Å². The molecule has 0 bridgehead atoms. The van der Waals surface area contributed by atoms with Crippen LogP contribution in [0.4, 0.5) is 0 Å². The third-order valence-electron chi connectivity index (χ3n) is 5.54. The Hall–Kier alpha value is -1.88. The highest BCUT2D eigenvalue weighted by Crippen LogP contribution is 2.33. The molecule has 0 atom stereocenters. The lowest BCUT2D eigenvalue weighted by Crippen LogP contribution is -2.54. The molecule has 1 saturated carbocycles. The average Bonchev–Trinajstić information content (AvgIpc) is 3.10. The van der Waals surface area contributed by atoms with Crippen molar-refractivity contribution < 1.29 is 9.59 Å². The third-order valence-corrected chi connectivity index (χ3v) is 5.54. The molecule has 5 nitrogen and oxygen atoms in total. The summed E-state index contributed by atoms with van der Waals surface area (Å²) >= 11 is 0. The van der Waals surface area contributed by atoms with Crippen molar-refractivity contribution in [3.05, 3.63) is 35.9 Å². The Kier molecular flexibility index (Phi) is 5.74. The number of benzene rings is 1. The quantitative estimate of drug-likeness (QED) is 0.861. The van der Waals surface area contributed by atoms with E-state index in [1.807, 2.05) is 18.2 Å². The summed E-state index contributed by atoms with van der Waals surface area (Å²) in [5.41, 5.74) is 0.839. The monoisotopic (exact) mass is 343 g/mol. The van der Waals surface area contributed by atoms with Crippen LogP contribution < -0.4 is 10.6 Å². The summed E-state index contributed by atoms with van der Waals surface area (Å²) in [5, 5.41) is 6.34. The van der Waals surface area contributed by atoms with Gasteiger partial charge in [0.05, 0.1) is 12.1 Å². The van der Waals surface area contributed by atoms with E-state index in [0.717, 1.165) is 44.3 Å². The molecule has 0 spiro atoms. The Morgan fingerprint density at radius 3 is 2.36 bits per heavy atom. The van der Waals surface area contributed by atoms with Crippen LogP contribution >= 0.6 is 0 Å². The first kappa shape index (κ1) is 17.9. The summed E-state index contributed by atoms with van der Waals surface area (Å²) < 4.78 is 0. The molecule has 2 amide bonds. The summed E-state index contributed by atoms with van der Waals surface area (Å²) in [7, 11) is 0. The van der Waals surface area contributed by atoms with E-state index < -0.39 is 0 Å². The SMILES string of the molecule is CC(=O)NC1(c2ccccc2)CCN(CC(=O)NC2CCCC2)CC1. The second-order valence-corrected chi connectivity index (χ2v) is 7.45. The highest BCUT2D eigenvalue weighted by Gasteiger charge is 2.37. The van der Waals surface area contributed by atoms with Crippen LogP contribution in [0, 0.1) is 0 Å². The number of hydrogen-bond donors (Lipinski definition) is 2. The molecule has 1 aliphatic carbocycles. The Balaban J connectivity index is 1.58. The number of amides is 2. The van der Waals surface area contributed by atoms with Gasteiger partial charge in [-0.2, -0.15) is 0 Å². The Bertz CT molecular complexity index is 588. The van der Waals surface area contributed by atoms with Crippen molar-refractivity contribution in [2.75, 3.05) is 19.6 Å². The van der Waals surface area contributed by atoms with Crippen molar-refractivity contribution in [2.45, 2.75) is 57.0 Å². The largest absolute Gasteiger partial charge is 0.352 e. The van der Waals surface area contributed by atoms with Gasteiger partial charge in [0.1, 0.15) is 0 Å². The molecule has 3 rings (SSSR count). The summed E-state index contributed by atoms with van der Waals surface area (Å²) in [6, 6.07) is 10.6. The molecule has 1 heterocycles. The van der Waals surface area contributed by atoms with Crippen LogP contribution in [0.1, 0.15) is 51.0 Å². The maximum atomic E-state index is 12.3. The maximum absolute atomic E-state index is 12.3. The van der Waals surface area contributed by atoms with Gasteiger partial charge in [-0.15, -0.1) is 0 Å². The molecule has 1 aliphatic heterocycles. The van der Waals surface area contributed by atoms with Gasteiger partial charge in [-0.3, -0.25) is 14.5 Å². The Morgan fingerprint density at radius 1 is 1.12 bits per heavy atom. The van der Waals surface area contributed by atoms with Gasteiger partial charge in [0.15, 0.2) is 0 Å². The first-order chi connectivity index (χ1) is 12.1. The van der Waals surface area contributed by atoms with E-state index in [0.29, 0.717) is 12.6 Å². The first-order valence-corrected chi connectivity index (χ1v) is 9.43. The minimum Gasteiger partial charge on any atom is -0.352 e. The third kappa shape index (κ3) is 4.60. The molecule has 136 valence electrons. The lowest BCUT2D eigenvalue weighted by atomic mass is 9.80. The maximum Gasteiger partial charge on any atom is 0.234 e. The summed E-state index contributed by atoms with van der Waals surface area (Å²) in [6.07, 6.45) is 6.34. The van der Waals surface area contributed by atoms with Gasteiger partial charge in [0, 0.05) is 26.1 Å². The van der Waals surface area contributed by atoms with Gasteiger partial charge in [-0.05, 0) is 31.2 Å². The molecule has 2 aliphatic rings. The van der Waals surface area contributed by atoms with Gasteiger partial charge in [-0.25, -0.2) is 0 Å². The molecule has 1 saturated heterocycles. The Labute approximate surface area is 150 Å². The van der Waals surface area contributed by atoms with Crippen LogP contribution in [0.3, 0.4) is 0 Å². The molecule has 1 aromatic carbocycles. The molecule has 2 N–H and O–H groups in total. The fourth-order valence-corrected chi connectivity index (χ4v) is 4.22. The van der Waals surface area contributed by atoms with Crippen molar-refractivity contribution in [1.82, 2.24) is 15.5 Å². The van der Waals surface area contributed by atoms with Gasteiger partial charge in [-0.1, -0.05) is 43.2 Å². The highest BCUT2D eigenvalue weighted by atomic mass is 16.2. The molecule has 25 heavy (non-hydrogen) atoms.